The van der Waals surface area contributed by atoms with Gasteiger partial charge in [-0.2, -0.15) is 0 Å². The van der Waals surface area contributed by atoms with Gasteiger partial charge in [-0.25, -0.2) is 4.98 Å². The second-order valence-corrected chi connectivity index (χ2v) is 4.87. The molecule has 1 aliphatic rings. The summed E-state index contributed by atoms with van der Waals surface area (Å²) >= 11 is 0. The van der Waals surface area contributed by atoms with Crippen molar-refractivity contribution in [2.75, 3.05) is 0 Å². The number of pyridine rings is 1. The molecule has 0 bridgehead atoms. The molecule has 0 atom stereocenters. The molecule has 2 aromatic heterocycles. The van der Waals surface area contributed by atoms with Gasteiger partial charge in [-0.3, -0.25) is 9.78 Å². The molecule has 1 saturated carbocycles. The van der Waals surface area contributed by atoms with E-state index in [-0.39, 0.29) is 5.56 Å². The molecule has 0 saturated heterocycles. The summed E-state index contributed by atoms with van der Waals surface area (Å²) in [4.78, 5) is 22.9. The number of H-pyrrole nitrogens is 1. The van der Waals surface area contributed by atoms with Crippen molar-refractivity contribution in [1.29, 1.82) is 0 Å². The van der Waals surface area contributed by atoms with Crippen molar-refractivity contribution < 1.29 is 0 Å². The molecule has 2 aromatic rings. The van der Waals surface area contributed by atoms with E-state index >= 15 is 0 Å². The summed E-state index contributed by atoms with van der Waals surface area (Å²) in [6.45, 7) is 0.665. The van der Waals surface area contributed by atoms with Crippen molar-refractivity contribution in [3.8, 4) is 0 Å². The van der Waals surface area contributed by atoms with Crippen LogP contribution in [0, 0.1) is 0 Å². The van der Waals surface area contributed by atoms with Gasteiger partial charge in [-0.1, -0.05) is 0 Å². The molecule has 5 nitrogen and oxygen atoms in total. The minimum atomic E-state index is -0.0911. The molecule has 0 aliphatic heterocycles. The maximum absolute atomic E-state index is 11.6. The summed E-state index contributed by atoms with van der Waals surface area (Å²) in [5.41, 5.74) is 1.80. The van der Waals surface area contributed by atoms with Gasteiger partial charge in [0.2, 0.25) is 0 Å². The highest BCUT2D eigenvalue weighted by Crippen LogP contribution is 2.18. The SMILES string of the molecule is O=c1cc(CNC2CC2)nc(Cc2ccncc2)[nH]1. The molecule has 98 valence electrons. The van der Waals surface area contributed by atoms with E-state index < -0.39 is 0 Å². The highest BCUT2D eigenvalue weighted by atomic mass is 16.1. The van der Waals surface area contributed by atoms with E-state index in [1.54, 1.807) is 18.5 Å². The van der Waals surface area contributed by atoms with E-state index in [9.17, 15) is 4.79 Å². The molecule has 0 spiro atoms. The molecule has 2 N–H and O–H groups in total. The molecule has 0 unspecified atom stereocenters. The van der Waals surface area contributed by atoms with E-state index in [0.29, 0.717) is 24.8 Å². The average molecular weight is 256 g/mol. The summed E-state index contributed by atoms with van der Waals surface area (Å²) in [5.74, 6) is 0.700. The number of nitrogens with one attached hydrogen (secondary N) is 2. The molecule has 1 fully saturated rings. The fraction of sp³-hybridized carbons (Fsp3) is 0.357. The van der Waals surface area contributed by atoms with Gasteiger partial charge in [0.25, 0.3) is 5.56 Å². The molecule has 0 amide bonds. The normalized spacial score (nSPS) is 14.5. The van der Waals surface area contributed by atoms with Crippen LogP contribution in [0.25, 0.3) is 0 Å². The Labute approximate surface area is 111 Å². The molecule has 0 aromatic carbocycles. The van der Waals surface area contributed by atoms with Crippen molar-refractivity contribution in [2.24, 2.45) is 0 Å². The minimum Gasteiger partial charge on any atom is -0.310 e. The standard InChI is InChI=1S/C14H16N4O/c19-14-8-12(9-16-11-1-2-11)17-13(18-14)7-10-3-5-15-6-4-10/h3-6,8,11,16H,1-2,7,9H2,(H,17,18,19). The van der Waals surface area contributed by atoms with E-state index in [1.165, 1.54) is 12.8 Å². The van der Waals surface area contributed by atoms with Crippen LogP contribution in [0.5, 0.6) is 0 Å². The lowest BCUT2D eigenvalue weighted by Crippen LogP contribution is -2.20. The lowest BCUT2D eigenvalue weighted by atomic mass is 10.2. The van der Waals surface area contributed by atoms with Gasteiger partial charge in [0.1, 0.15) is 5.82 Å². The Morgan fingerprint density at radius 3 is 2.84 bits per heavy atom. The Bertz CT molecular complexity index is 604. The topological polar surface area (TPSA) is 70.7 Å². The largest absolute Gasteiger partial charge is 0.310 e. The van der Waals surface area contributed by atoms with Crippen LogP contribution in [0.1, 0.15) is 29.9 Å². The Morgan fingerprint density at radius 2 is 2.11 bits per heavy atom. The summed E-state index contributed by atoms with van der Waals surface area (Å²) in [6, 6.07) is 6.03. The smallest absolute Gasteiger partial charge is 0.251 e. The Kier molecular flexibility index (Phi) is 3.37. The summed E-state index contributed by atoms with van der Waals surface area (Å²) in [5, 5.41) is 3.37. The first kappa shape index (κ1) is 12.0. The number of aromatic amines is 1. The zero-order valence-corrected chi connectivity index (χ0v) is 10.6. The van der Waals surface area contributed by atoms with Crippen LogP contribution in [0.4, 0.5) is 0 Å². The predicted octanol–water partition coefficient (Wildman–Crippen LogP) is 1.01. The predicted molar refractivity (Wildman–Crippen MR) is 71.8 cm³/mol. The lowest BCUT2D eigenvalue weighted by molar-refractivity contribution is 0.667. The van der Waals surface area contributed by atoms with Gasteiger partial charge in [0.05, 0.1) is 5.69 Å². The van der Waals surface area contributed by atoms with Crippen LogP contribution >= 0.6 is 0 Å². The minimum absolute atomic E-state index is 0.0911. The molecular weight excluding hydrogens is 240 g/mol. The molecule has 2 heterocycles. The monoisotopic (exact) mass is 256 g/mol. The van der Waals surface area contributed by atoms with Crippen molar-refractivity contribution in [2.45, 2.75) is 31.8 Å². The number of hydrogen-bond acceptors (Lipinski definition) is 4. The molecule has 0 radical (unpaired) electrons. The first-order chi connectivity index (χ1) is 9.29. The van der Waals surface area contributed by atoms with E-state index in [0.717, 1.165) is 11.3 Å². The van der Waals surface area contributed by atoms with Gasteiger partial charge in [0, 0.05) is 37.5 Å². The third kappa shape index (κ3) is 3.48. The zero-order valence-electron chi connectivity index (χ0n) is 10.6. The van der Waals surface area contributed by atoms with E-state index in [1.807, 2.05) is 12.1 Å². The summed E-state index contributed by atoms with van der Waals surface area (Å²) in [7, 11) is 0. The average Bonchev–Trinajstić information content (AvgIpc) is 3.21. The third-order valence-electron chi connectivity index (χ3n) is 3.11. The van der Waals surface area contributed by atoms with Crippen molar-refractivity contribution in [3.63, 3.8) is 0 Å². The summed E-state index contributed by atoms with van der Waals surface area (Å²) in [6.07, 6.45) is 6.56. The number of nitrogens with zero attached hydrogens (tertiary/aromatic N) is 2. The Morgan fingerprint density at radius 1 is 1.32 bits per heavy atom. The summed E-state index contributed by atoms with van der Waals surface area (Å²) < 4.78 is 0. The fourth-order valence-corrected chi connectivity index (χ4v) is 1.97. The molecule has 5 heteroatoms. The van der Waals surface area contributed by atoms with Crippen LogP contribution in [0.2, 0.25) is 0 Å². The van der Waals surface area contributed by atoms with Crippen LogP contribution in [-0.2, 0) is 13.0 Å². The highest BCUT2D eigenvalue weighted by molar-refractivity contribution is 5.16. The number of aromatic nitrogens is 3. The van der Waals surface area contributed by atoms with Gasteiger partial charge in [0.15, 0.2) is 0 Å². The molecular formula is C14H16N4O. The lowest BCUT2D eigenvalue weighted by Gasteiger charge is -2.05. The maximum Gasteiger partial charge on any atom is 0.251 e. The zero-order chi connectivity index (χ0) is 13.1. The number of hydrogen-bond donors (Lipinski definition) is 2. The number of rotatable bonds is 5. The quantitative estimate of drug-likeness (QED) is 0.837. The maximum atomic E-state index is 11.6. The molecule has 1 aliphatic carbocycles. The van der Waals surface area contributed by atoms with Crippen LogP contribution in [0.3, 0.4) is 0 Å². The first-order valence-corrected chi connectivity index (χ1v) is 6.51. The Hall–Kier alpha value is -2.01. The van der Waals surface area contributed by atoms with Gasteiger partial charge < -0.3 is 10.3 Å². The van der Waals surface area contributed by atoms with Gasteiger partial charge in [-0.15, -0.1) is 0 Å². The molecule has 3 rings (SSSR count). The molecule has 19 heavy (non-hydrogen) atoms. The van der Waals surface area contributed by atoms with Gasteiger partial charge >= 0.3 is 0 Å². The third-order valence-corrected chi connectivity index (χ3v) is 3.11. The second-order valence-electron chi connectivity index (χ2n) is 4.87. The van der Waals surface area contributed by atoms with E-state index in [2.05, 4.69) is 20.3 Å². The van der Waals surface area contributed by atoms with Crippen LogP contribution in [0.15, 0.2) is 35.4 Å². The van der Waals surface area contributed by atoms with Crippen molar-refractivity contribution in [1.82, 2.24) is 20.3 Å². The highest BCUT2D eigenvalue weighted by Gasteiger charge is 2.20. The first-order valence-electron chi connectivity index (χ1n) is 6.51. The van der Waals surface area contributed by atoms with Crippen LogP contribution in [-0.4, -0.2) is 21.0 Å². The van der Waals surface area contributed by atoms with E-state index in [4.69, 9.17) is 0 Å². The van der Waals surface area contributed by atoms with Crippen molar-refractivity contribution in [3.05, 3.63) is 58.0 Å². The van der Waals surface area contributed by atoms with Crippen LogP contribution < -0.4 is 10.9 Å². The van der Waals surface area contributed by atoms with Crippen molar-refractivity contribution >= 4 is 0 Å². The van der Waals surface area contributed by atoms with Gasteiger partial charge in [-0.05, 0) is 30.5 Å². The second kappa shape index (κ2) is 5.32. The Balaban J connectivity index is 1.74. The fourth-order valence-electron chi connectivity index (χ4n) is 1.97.